The van der Waals surface area contributed by atoms with Gasteiger partial charge in [0.1, 0.15) is 0 Å². The van der Waals surface area contributed by atoms with Crippen LogP contribution in [-0.4, -0.2) is 67.7 Å². The van der Waals surface area contributed by atoms with Gasteiger partial charge in [-0.15, -0.1) is 0 Å². The van der Waals surface area contributed by atoms with Gasteiger partial charge in [-0.2, -0.15) is 5.10 Å². The lowest BCUT2D eigenvalue weighted by molar-refractivity contribution is 0.0754. The summed E-state index contributed by atoms with van der Waals surface area (Å²) in [4.78, 5) is 25.6. The van der Waals surface area contributed by atoms with Gasteiger partial charge in [0.2, 0.25) is 5.95 Å². The first-order valence-electron chi connectivity index (χ1n) is 9.20. The normalized spacial score (nSPS) is 15.8. The molecule has 2 aromatic rings. The molecule has 8 nitrogen and oxygen atoms in total. The molecule has 0 aliphatic carbocycles. The average Bonchev–Trinajstić information content (AvgIpc) is 2.81. The van der Waals surface area contributed by atoms with E-state index in [1.807, 2.05) is 17.3 Å². The summed E-state index contributed by atoms with van der Waals surface area (Å²) in [6.07, 6.45) is 6.28. The van der Waals surface area contributed by atoms with Gasteiger partial charge >= 0.3 is 0 Å². The fourth-order valence-electron chi connectivity index (χ4n) is 3.11. The Labute approximate surface area is 164 Å². The van der Waals surface area contributed by atoms with Gasteiger partial charge in [0.25, 0.3) is 5.91 Å². The Balaban J connectivity index is 1.56. The number of hydrogen-bond acceptors (Lipinski definition) is 6. The second-order valence-electron chi connectivity index (χ2n) is 7.14. The van der Waals surface area contributed by atoms with E-state index in [4.69, 9.17) is 11.6 Å². The van der Waals surface area contributed by atoms with Gasteiger partial charge < -0.3 is 10.2 Å². The van der Waals surface area contributed by atoms with Crippen molar-refractivity contribution in [2.24, 2.45) is 7.05 Å². The third-order valence-electron chi connectivity index (χ3n) is 4.39. The standard InChI is InChI=1S/C18H26ClN7O/c1-13(2)22-18-20-9-14(10-21-18)11-25-5-4-6-26(8-7-25)17(27)16-15(19)12-24(3)23-16/h9-10,12-13H,4-8,11H2,1-3H3,(H,20,21,22). The quantitative estimate of drug-likeness (QED) is 0.840. The molecule has 0 atom stereocenters. The van der Waals surface area contributed by atoms with Crippen LogP contribution in [0.1, 0.15) is 36.3 Å². The predicted molar refractivity (Wildman–Crippen MR) is 105 cm³/mol. The Morgan fingerprint density at radius 1 is 1.22 bits per heavy atom. The first-order chi connectivity index (χ1) is 12.9. The van der Waals surface area contributed by atoms with Gasteiger partial charge in [0, 0.05) is 70.0 Å². The molecule has 3 heterocycles. The molecule has 27 heavy (non-hydrogen) atoms. The van der Waals surface area contributed by atoms with Gasteiger partial charge in [-0.05, 0) is 20.3 Å². The van der Waals surface area contributed by atoms with Crippen molar-refractivity contribution < 1.29 is 4.79 Å². The molecule has 1 saturated heterocycles. The van der Waals surface area contributed by atoms with Gasteiger partial charge in [-0.25, -0.2) is 9.97 Å². The fraction of sp³-hybridized carbons (Fsp3) is 0.556. The minimum absolute atomic E-state index is 0.102. The Morgan fingerprint density at radius 3 is 2.59 bits per heavy atom. The van der Waals surface area contributed by atoms with Crippen LogP contribution in [0.3, 0.4) is 0 Å². The molecule has 0 unspecified atom stereocenters. The summed E-state index contributed by atoms with van der Waals surface area (Å²) in [5.41, 5.74) is 1.39. The SMILES string of the molecule is CC(C)Nc1ncc(CN2CCCN(C(=O)c3nn(C)cc3Cl)CC2)cn1. The molecule has 0 aromatic carbocycles. The predicted octanol–water partition coefficient (Wildman–Crippen LogP) is 2.03. The van der Waals surface area contributed by atoms with Gasteiger partial charge in [0.05, 0.1) is 5.02 Å². The van der Waals surface area contributed by atoms with E-state index in [0.29, 0.717) is 35.8 Å². The Hall–Kier alpha value is -2.19. The van der Waals surface area contributed by atoms with Crippen LogP contribution >= 0.6 is 11.6 Å². The van der Waals surface area contributed by atoms with Crippen molar-refractivity contribution in [3.63, 3.8) is 0 Å². The third kappa shape index (κ3) is 5.17. The molecular formula is C18H26ClN7O. The zero-order valence-corrected chi connectivity index (χ0v) is 16.8. The second-order valence-corrected chi connectivity index (χ2v) is 7.54. The lowest BCUT2D eigenvalue weighted by Gasteiger charge is -2.21. The molecule has 1 aliphatic heterocycles. The smallest absolute Gasteiger partial charge is 0.275 e. The van der Waals surface area contributed by atoms with Gasteiger partial charge in [-0.3, -0.25) is 14.4 Å². The maximum absolute atomic E-state index is 12.7. The summed E-state index contributed by atoms with van der Waals surface area (Å²) in [7, 11) is 1.76. The van der Waals surface area contributed by atoms with Crippen molar-refractivity contribution in [1.82, 2.24) is 29.5 Å². The molecule has 9 heteroatoms. The number of hydrogen-bond donors (Lipinski definition) is 1. The number of nitrogens with one attached hydrogen (secondary N) is 1. The van der Waals surface area contributed by atoms with Crippen LogP contribution in [0.15, 0.2) is 18.6 Å². The summed E-state index contributed by atoms with van der Waals surface area (Å²) >= 11 is 6.12. The topological polar surface area (TPSA) is 79.2 Å². The van der Waals surface area contributed by atoms with E-state index in [1.54, 1.807) is 17.9 Å². The minimum atomic E-state index is -0.102. The number of amides is 1. The lowest BCUT2D eigenvalue weighted by Crippen LogP contribution is -2.35. The molecule has 3 rings (SSSR count). The van der Waals surface area contributed by atoms with Crippen LogP contribution in [0.4, 0.5) is 5.95 Å². The van der Waals surface area contributed by atoms with Gasteiger partial charge in [0.15, 0.2) is 5.69 Å². The van der Waals surface area contributed by atoms with E-state index < -0.39 is 0 Å². The maximum atomic E-state index is 12.7. The van der Waals surface area contributed by atoms with Crippen LogP contribution < -0.4 is 5.32 Å². The molecule has 2 aromatic heterocycles. The largest absolute Gasteiger partial charge is 0.352 e. The number of aromatic nitrogens is 4. The van der Waals surface area contributed by atoms with Crippen LogP contribution in [0.5, 0.6) is 0 Å². The molecule has 0 radical (unpaired) electrons. The molecular weight excluding hydrogens is 366 g/mol. The zero-order valence-electron chi connectivity index (χ0n) is 16.0. The molecule has 1 fully saturated rings. The van der Waals surface area contributed by atoms with Gasteiger partial charge in [-0.1, -0.05) is 11.6 Å². The number of carbonyl (C=O) groups is 1. The summed E-state index contributed by atoms with van der Waals surface area (Å²) in [5, 5.41) is 7.77. The molecule has 0 spiro atoms. The van der Waals surface area contributed by atoms with Crippen molar-refractivity contribution in [3.8, 4) is 0 Å². The molecule has 0 bridgehead atoms. The second kappa shape index (κ2) is 8.67. The van der Waals surface area contributed by atoms with E-state index in [-0.39, 0.29) is 5.91 Å². The molecule has 1 amide bonds. The van der Waals surface area contributed by atoms with E-state index in [0.717, 1.165) is 31.6 Å². The van der Waals surface area contributed by atoms with E-state index >= 15 is 0 Å². The molecule has 0 saturated carbocycles. The highest BCUT2D eigenvalue weighted by Gasteiger charge is 2.24. The first-order valence-corrected chi connectivity index (χ1v) is 9.58. The Kier molecular flexibility index (Phi) is 6.28. The zero-order chi connectivity index (χ0) is 19.4. The molecule has 1 aliphatic rings. The Morgan fingerprint density at radius 2 is 1.96 bits per heavy atom. The number of anilines is 1. The number of halogens is 1. The number of aryl methyl sites for hydroxylation is 1. The van der Waals surface area contributed by atoms with Crippen LogP contribution in [0, 0.1) is 0 Å². The number of carbonyl (C=O) groups excluding carboxylic acids is 1. The van der Waals surface area contributed by atoms with E-state index in [9.17, 15) is 4.79 Å². The van der Waals surface area contributed by atoms with Crippen molar-refractivity contribution in [2.75, 3.05) is 31.5 Å². The van der Waals surface area contributed by atoms with Crippen LogP contribution in [-0.2, 0) is 13.6 Å². The monoisotopic (exact) mass is 391 g/mol. The summed E-state index contributed by atoms with van der Waals surface area (Å²) in [5.74, 6) is 0.545. The van der Waals surface area contributed by atoms with Crippen LogP contribution in [0.2, 0.25) is 5.02 Å². The van der Waals surface area contributed by atoms with Crippen molar-refractivity contribution in [3.05, 3.63) is 34.9 Å². The molecule has 1 N–H and O–H groups in total. The van der Waals surface area contributed by atoms with E-state index in [1.165, 1.54) is 0 Å². The lowest BCUT2D eigenvalue weighted by atomic mass is 10.3. The molecule has 146 valence electrons. The Bertz CT molecular complexity index is 775. The fourth-order valence-corrected chi connectivity index (χ4v) is 3.37. The number of rotatable bonds is 5. The summed E-state index contributed by atoms with van der Waals surface area (Å²) < 4.78 is 1.57. The van der Waals surface area contributed by atoms with Crippen molar-refractivity contribution in [1.29, 1.82) is 0 Å². The first kappa shape index (κ1) is 19.6. The van der Waals surface area contributed by atoms with E-state index in [2.05, 4.69) is 39.1 Å². The summed E-state index contributed by atoms with van der Waals surface area (Å²) in [6, 6.07) is 0.303. The van der Waals surface area contributed by atoms with Crippen molar-refractivity contribution >= 4 is 23.5 Å². The third-order valence-corrected chi connectivity index (χ3v) is 4.67. The highest BCUT2D eigenvalue weighted by molar-refractivity contribution is 6.33. The van der Waals surface area contributed by atoms with Crippen LogP contribution in [0.25, 0.3) is 0 Å². The highest BCUT2D eigenvalue weighted by atomic mass is 35.5. The van der Waals surface area contributed by atoms with Crippen molar-refractivity contribution in [2.45, 2.75) is 32.9 Å². The highest BCUT2D eigenvalue weighted by Crippen LogP contribution is 2.17. The minimum Gasteiger partial charge on any atom is -0.352 e. The average molecular weight is 392 g/mol. The number of nitrogens with zero attached hydrogens (tertiary/aromatic N) is 6. The maximum Gasteiger partial charge on any atom is 0.275 e. The summed E-state index contributed by atoms with van der Waals surface area (Å²) in [6.45, 7) is 7.96.